The number of aliphatic hydroxyl groups excluding tert-OH is 1. The highest BCUT2D eigenvalue weighted by Crippen LogP contribution is 2.38. The smallest absolute Gasteiger partial charge is 0.192 e. The van der Waals surface area contributed by atoms with Crippen molar-refractivity contribution >= 4 is 8.32 Å². The summed E-state index contributed by atoms with van der Waals surface area (Å²) >= 11 is 0. The van der Waals surface area contributed by atoms with Gasteiger partial charge in [-0.2, -0.15) is 0 Å². The van der Waals surface area contributed by atoms with Gasteiger partial charge in [-0.15, -0.1) is 6.58 Å². The Morgan fingerprint density at radius 3 is 2.26 bits per heavy atom. The van der Waals surface area contributed by atoms with Gasteiger partial charge in [0.05, 0.1) is 12.2 Å². The van der Waals surface area contributed by atoms with Crippen molar-refractivity contribution in [1.29, 1.82) is 0 Å². The largest absolute Gasteiger partial charge is 0.410 e. The van der Waals surface area contributed by atoms with E-state index >= 15 is 0 Å². The molecule has 0 amide bonds. The molecule has 0 aromatic rings. The molecule has 0 aliphatic heterocycles. The molecule has 0 rings (SSSR count). The van der Waals surface area contributed by atoms with Crippen LogP contribution in [0.2, 0.25) is 18.1 Å². The van der Waals surface area contributed by atoms with Crippen molar-refractivity contribution in [3.05, 3.63) is 49.1 Å². The van der Waals surface area contributed by atoms with Gasteiger partial charge in [-0.25, -0.2) is 0 Å². The van der Waals surface area contributed by atoms with Gasteiger partial charge < -0.3 is 9.53 Å². The Kier molecular flexibility index (Phi) is 12.9. The normalized spacial score (nSPS) is 17.0. The zero-order valence-electron chi connectivity index (χ0n) is 18.9. The molecule has 0 aliphatic carbocycles. The fraction of sp³-hybridized carbons (Fsp3) is 0.667. The Balaban J connectivity index is 5.01. The van der Waals surface area contributed by atoms with Gasteiger partial charge in [-0.1, -0.05) is 90.0 Å². The standard InChI is InChI=1S/C24H44O2Si/c1-9-11-12-13-14-15-16-17-18-20-23(21(3)22(25)19-10-2)26-27(7,8)24(4,5)6/h10,14-18,20-23,25H,2,9,11-13,19H2,1,3-8H3/b15-14+,17-16-,20-18-/t21-,22+,23+/m1/s1. The molecule has 0 aromatic carbocycles. The Labute approximate surface area is 170 Å². The highest BCUT2D eigenvalue weighted by molar-refractivity contribution is 6.74. The van der Waals surface area contributed by atoms with Crippen LogP contribution in [0.3, 0.4) is 0 Å². The molecule has 2 nitrogen and oxygen atoms in total. The number of hydrogen-bond acceptors (Lipinski definition) is 2. The van der Waals surface area contributed by atoms with Gasteiger partial charge in [-0.05, 0) is 37.4 Å². The van der Waals surface area contributed by atoms with E-state index in [4.69, 9.17) is 4.43 Å². The van der Waals surface area contributed by atoms with Crippen molar-refractivity contribution in [2.24, 2.45) is 5.92 Å². The minimum absolute atomic E-state index is 0.0198. The van der Waals surface area contributed by atoms with Gasteiger partial charge >= 0.3 is 0 Å². The minimum Gasteiger partial charge on any atom is -0.410 e. The minimum atomic E-state index is -1.92. The Morgan fingerprint density at radius 2 is 1.70 bits per heavy atom. The Morgan fingerprint density at radius 1 is 1.07 bits per heavy atom. The third-order valence-corrected chi connectivity index (χ3v) is 9.99. The monoisotopic (exact) mass is 392 g/mol. The lowest BCUT2D eigenvalue weighted by molar-refractivity contribution is 0.0521. The van der Waals surface area contributed by atoms with E-state index in [0.29, 0.717) is 6.42 Å². The van der Waals surface area contributed by atoms with E-state index in [9.17, 15) is 5.11 Å². The third-order valence-electron chi connectivity index (χ3n) is 5.51. The maximum Gasteiger partial charge on any atom is 0.192 e. The SMILES string of the molecule is C=CC[C@H](O)[C@@H](C)[C@H](\C=C/C=C\C=C\CCCCC)O[Si](C)(C)C(C)(C)C. The number of aliphatic hydroxyl groups is 1. The average molecular weight is 393 g/mol. The lowest BCUT2D eigenvalue weighted by Gasteiger charge is -2.40. The lowest BCUT2D eigenvalue weighted by Crippen LogP contribution is -2.46. The van der Waals surface area contributed by atoms with Crippen molar-refractivity contribution in [2.75, 3.05) is 0 Å². The van der Waals surface area contributed by atoms with Crippen molar-refractivity contribution in [1.82, 2.24) is 0 Å². The summed E-state index contributed by atoms with van der Waals surface area (Å²) in [5.41, 5.74) is 0. The molecule has 3 heteroatoms. The second-order valence-corrected chi connectivity index (χ2v) is 13.7. The van der Waals surface area contributed by atoms with Crippen LogP contribution in [0.25, 0.3) is 0 Å². The molecule has 0 spiro atoms. The van der Waals surface area contributed by atoms with Crippen LogP contribution in [-0.4, -0.2) is 25.6 Å². The van der Waals surface area contributed by atoms with E-state index in [-0.39, 0.29) is 17.1 Å². The van der Waals surface area contributed by atoms with E-state index in [2.05, 4.69) is 78.6 Å². The Hall–Kier alpha value is -0.903. The van der Waals surface area contributed by atoms with Gasteiger partial charge in [0.1, 0.15) is 0 Å². The number of allylic oxidation sites excluding steroid dienone is 5. The average Bonchev–Trinajstić information content (AvgIpc) is 2.57. The van der Waals surface area contributed by atoms with E-state index in [1.54, 1.807) is 6.08 Å². The predicted octanol–water partition coefficient (Wildman–Crippen LogP) is 7.20. The van der Waals surface area contributed by atoms with Gasteiger partial charge in [0.25, 0.3) is 0 Å². The van der Waals surface area contributed by atoms with Crippen LogP contribution in [0.4, 0.5) is 0 Å². The molecule has 0 aliphatic rings. The summed E-state index contributed by atoms with van der Waals surface area (Å²) in [6.45, 7) is 19.3. The number of unbranched alkanes of at least 4 members (excludes halogenated alkanes) is 3. The summed E-state index contributed by atoms with van der Waals surface area (Å²) in [5, 5.41) is 10.6. The summed E-state index contributed by atoms with van der Waals surface area (Å²) in [7, 11) is -1.92. The molecule has 0 unspecified atom stereocenters. The molecule has 0 radical (unpaired) electrons. The number of rotatable bonds is 13. The second-order valence-electron chi connectivity index (χ2n) is 8.99. The van der Waals surface area contributed by atoms with E-state index < -0.39 is 14.4 Å². The molecule has 1 N–H and O–H groups in total. The zero-order chi connectivity index (χ0) is 20.9. The molecule has 0 heterocycles. The maximum absolute atomic E-state index is 10.4. The van der Waals surface area contributed by atoms with Crippen molar-refractivity contribution in [3.63, 3.8) is 0 Å². The predicted molar refractivity (Wildman–Crippen MR) is 124 cm³/mol. The van der Waals surface area contributed by atoms with Crippen molar-refractivity contribution in [2.45, 2.75) is 97.1 Å². The summed E-state index contributed by atoms with van der Waals surface area (Å²) in [6.07, 6.45) is 19.4. The van der Waals surface area contributed by atoms with Crippen LogP contribution in [0.1, 0.15) is 66.7 Å². The van der Waals surface area contributed by atoms with Crippen molar-refractivity contribution < 1.29 is 9.53 Å². The van der Waals surface area contributed by atoms with Gasteiger partial charge in [0, 0.05) is 5.92 Å². The van der Waals surface area contributed by atoms with Crippen LogP contribution < -0.4 is 0 Å². The first-order valence-corrected chi connectivity index (χ1v) is 13.4. The second kappa shape index (κ2) is 13.3. The summed E-state index contributed by atoms with van der Waals surface area (Å²) in [6, 6.07) is 0. The fourth-order valence-corrected chi connectivity index (χ4v) is 3.76. The molecule has 156 valence electrons. The highest BCUT2D eigenvalue weighted by Gasteiger charge is 2.40. The molecule has 3 atom stereocenters. The maximum atomic E-state index is 10.4. The molecule has 27 heavy (non-hydrogen) atoms. The first-order chi connectivity index (χ1) is 12.6. The van der Waals surface area contributed by atoms with Crippen LogP contribution >= 0.6 is 0 Å². The first-order valence-electron chi connectivity index (χ1n) is 10.5. The van der Waals surface area contributed by atoms with E-state index in [1.165, 1.54) is 19.3 Å². The summed E-state index contributed by atoms with van der Waals surface area (Å²) < 4.78 is 6.61. The summed E-state index contributed by atoms with van der Waals surface area (Å²) in [5.74, 6) is 0.0198. The molecule has 0 saturated carbocycles. The van der Waals surface area contributed by atoms with Crippen LogP contribution in [-0.2, 0) is 4.43 Å². The third kappa shape index (κ3) is 10.9. The quantitative estimate of drug-likeness (QED) is 0.155. The van der Waals surface area contributed by atoms with Crippen LogP contribution in [0, 0.1) is 5.92 Å². The van der Waals surface area contributed by atoms with Gasteiger partial charge in [0.15, 0.2) is 8.32 Å². The van der Waals surface area contributed by atoms with Gasteiger partial charge in [-0.3, -0.25) is 0 Å². The first kappa shape index (κ1) is 26.1. The van der Waals surface area contributed by atoms with Crippen molar-refractivity contribution in [3.8, 4) is 0 Å². The van der Waals surface area contributed by atoms with E-state index in [1.807, 2.05) is 12.2 Å². The van der Waals surface area contributed by atoms with Crippen LogP contribution in [0.5, 0.6) is 0 Å². The molecule has 0 saturated heterocycles. The number of hydrogen-bond donors (Lipinski definition) is 1. The Bertz CT molecular complexity index is 483. The molecule has 0 fully saturated rings. The molecule has 0 bridgehead atoms. The molecular weight excluding hydrogens is 348 g/mol. The highest BCUT2D eigenvalue weighted by atomic mass is 28.4. The van der Waals surface area contributed by atoms with Crippen LogP contribution in [0.15, 0.2) is 49.1 Å². The zero-order valence-corrected chi connectivity index (χ0v) is 19.9. The molecule has 0 aromatic heterocycles. The fourth-order valence-electron chi connectivity index (χ4n) is 2.43. The van der Waals surface area contributed by atoms with Gasteiger partial charge in [0.2, 0.25) is 0 Å². The molecular formula is C24H44O2Si. The topological polar surface area (TPSA) is 29.5 Å². The van der Waals surface area contributed by atoms with E-state index in [0.717, 1.165) is 6.42 Å². The lowest BCUT2D eigenvalue weighted by atomic mass is 9.95. The summed E-state index contributed by atoms with van der Waals surface area (Å²) in [4.78, 5) is 0.